The number of rotatable bonds is 0. The molecule has 0 atom stereocenters. The second-order valence-electron chi connectivity index (χ2n) is 2.31. The zero-order chi connectivity index (χ0) is 8.72. The number of thiophene rings is 1. The van der Waals surface area contributed by atoms with E-state index in [0.717, 1.165) is 16.5 Å². The Morgan fingerprint density at radius 3 is 2.67 bits per heavy atom. The van der Waals surface area contributed by atoms with Gasteiger partial charge >= 0.3 is 0 Å². The van der Waals surface area contributed by atoms with Crippen LogP contribution in [0.3, 0.4) is 0 Å². The Labute approximate surface area is 100 Å². The highest BCUT2D eigenvalue weighted by atomic mass is 127. The molecule has 62 valence electrons. The highest BCUT2D eigenvalue weighted by molar-refractivity contribution is 14.1. The average molecular weight is 404 g/mol. The van der Waals surface area contributed by atoms with Gasteiger partial charge in [0.25, 0.3) is 0 Å². The topological polar surface area (TPSA) is 0 Å². The molecule has 0 nitrogen and oxygen atoms in total. The van der Waals surface area contributed by atoms with Crippen LogP contribution in [0.5, 0.6) is 0 Å². The van der Waals surface area contributed by atoms with E-state index in [-0.39, 0.29) is 5.82 Å². The molecular formula is C8H3FI2S. The van der Waals surface area contributed by atoms with Crippen molar-refractivity contribution >= 4 is 66.6 Å². The van der Waals surface area contributed by atoms with Crippen LogP contribution in [-0.2, 0) is 0 Å². The third-order valence-corrected chi connectivity index (χ3v) is 4.97. The van der Waals surface area contributed by atoms with E-state index in [0.29, 0.717) is 0 Å². The number of hydrogen-bond acceptors (Lipinski definition) is 1. The maximum absolute atomic E-state index is 13.3. The molecule has 0 aliphatic rings. The molecule has 0 N–H and O–H groups in total. The van der Waals surface area contributed by atoms with Crippen LogP contribution >= 0.6 is 56.5 Å². The number of fused-ring (bicyclic) bond motifs is 1. The monoisotopic (exact) mass is 404 g/mol. The summed E-state index contributed by atoms with van der Waals surface area (Å²) in [6.45, 7) is 0. The fraction of sp³-hybridized carbons (Fsp3) is 0. The minimum atomic E-state index is -0.0749. The fourth-order valence-electron chi connectivity index (χ4n) is 1.03. The van der Waals surface area contributed by atoms with E-state index in [1.807, 2.05) is 40.8 Å². The van der Waals surface area contributed by atoms with E-state index in [4.69, 9.17) is 0 Å². The lowest BCUT2D eigenvalue weighted by Crippen LogP contribution is -1.72. The van der Waals surface area contributed by atoms with Gasteiger partial charge in [0.2, 0.25) is 0 Å². The van der Waals surface area contributed by atoms with Crippen LogP contribution in [0.1, 0.15) is 0 Å². The van der Waals surface area contributed by atoms with E-state index in [2.05, 4.69) is 22.6 Å². The Bertz CT molecular complexity index is 436. The summed E-state index contributed by atoms with van der Waals surface area (Å²) in [5.41, 5.74) is 0. The predicted molar refractivity (Wildman–Crippen MR) is 67.2 cm³/mol. The van der Waals surface area contributed by atoms with Gasteiger partial charge in [0, 0.05) is 8.96 Å². The lowest BCUT2D eigenvalue weighted by Gasteiger charge is -1.90. The second kappa shape index (κ2) is 3.38. The van der Waals surface area contributed by atoms with E-state index in [1.54, 1.807) is 0 Å². The Balaban J connectivity index is 2.95. The maximum atomic E-state index is 13.3. The van der Waals surface area contributed by atoms with Gasteiger partial charge in [-0.2, -0.15) is 0 Å². The van der Waals surface area contributed by atoms with Crippen LogP contribution in [0.4, 0.5) is 4.39 Å². The third kappa shape index (κ3) is 1.37. The van der Waals surface area contributed by atoms with E-state index >= 15 is 0 Å². The van der Waals surface area contributed by atoms with Gasteiger partial charge in [0.15, 0.2) is 5.82 Å². The Morgan fingerprint density at radius 1 is 1.25 bits per heavy atom. The quantitative estimate of drug-likeness (QED) is 0.577. The largest absolute Gasteiger partial charge is 0.204 e. The van der Waals surface area contributed by atoms with E-state index < -0.39 is 0 Å². The van der Waals surface area contributed by atoms with E-state index in [1.165, 1.54) is 11.3 Å². The number of hydrogen-bond donors (Lipinski definition) is 0. The standard InChI is InChI=1S/C8H3FI2S/c9-6-4-2-1-3-5(10)7(4)12-8(6)11/h1-3H. The van der Waals surface area contributed by atoms with Gasteiger partial charge in [-0.15, -0.1) is 11.3 Å². The molecule has 0 radical (unpaired) electrons. The van der Waals surface area contributed by atoms with Crippen molar-refractivity contribution in [2.75, 3.05) is 0 Å². The molecule has 0 bridgehead atoms. The van der Waals surface area contributed by atoms with Crippen LogP contribution in [0.15, 0.2) is 18.2 Å². The summed E-state index contributed by atoms with van der Waals surface area (Å²) in [5.74, 6) is -0.0749. The summed E-state index contributed by atoms with van der Waals surface area (Å²) in [6, 6.07) is 5.70. The molecule has 0 saturated heterocycles. The van der Waals surface area contributed by atoms with Crippen molar-refractivity contribution in [1.29, 1.82) is 0 Å². The molecular weight excluding hydrogens is 401 g/mol. The van der Waals surface area contributed by atoms with Crippen LogP contribution in [0, 0.1) is 12.3 Å². The molecule has 0 fully saturated rings. The van der Waals surface area contributed by atoms with Crippen molar-refractivity contribution in [3.63, 3.8) is 0 Å². The van der Waals surface area contributed by atoms with Gasteiger partial charge in [-0.05, 0) is 51.2 Å². The fourth-order valence-corrected chi connectivity index (χ4v) is 3.62. The molecule has 0 aliphatic carbocycles. The van der Waals surface area contributed by atoms with E-state index in [9.17, 15) is 4.39 Å². The lowest BCUT2D eigenvalue weighted by molar-refractivity contribution is 0.638. The number of halogens is 3. The normalized spacial score (nSPS) is 10.9. The van der Waals surface area contributed by atoms with Crippen molar-refractivity contribution in [2.45, 2.75) is 0 Å². The highest BCUT2D eigenvalue weighted by Crippen LogP contribution is 2.33. The molecule has 0 spiro atoms. The zero-order valence-electron chi connectivity index (χ0n) is 5.77. The maximum Gasteiger partial charge on any atom is 0.155 e. The smallest absolute Gasteiger partial charge is 0.155 e. The second-order valence-corrected chi connectivity index (χ2v) is 6.30. The summed E-state index contributed by atoms with van der Waals surface area (Å²) >= 11 is 5.77. The van der Waals surface area contributed by atoms with Gasteiger partial charge in [-0.1, -0.05) is 12.1 Å². The molecule has 12 heavy (non-hydrogen) atoms. The van der Waals surface area contributed by atoms with Crippen molar-refractivity contribution in [3.05, 3.63) is 30.5 Å². The van der Waals surface area contributed by atoms with Gasteiger partial charge in [-0.25, -0.2) is 4.39 Å². The van der Waals surface area contributed by atoms with Crippen LogP contribution < -0.4 is 0 Å². The molecule has 2 aromatic rings. The summed E-state index contributed by atoms with van der Waals surface area (Å²) in [7, 11) is 0. The Hall–Kier alpha value is 0.570. The van der Waals surface area contributed by atoms with Gasteiger partial charge in [0.05, 0.1) is 4.70 Å². The molecule has 0 aliphatic heterocycles. The predicted octanol–water partition coefficient (Wildman–Crippen LogP) is 4.25. The van der Waals surface area contributed by atoms with Crippen molar-refractivity contribution in [1.82, 2.24) is 0 Å². The summed E-state index contributed by atoms with van der Waals surface area (Å²) < 4.78 is 16.3. The zero-order valence-corrected chi connectivity index (χ0v) is 10.9. The van der Waals surface area contributed by atoms with Gasteiger partial charge in [0.1, 0.15) is 2.88 Å². The molecule has 0 amide bonds. The Morgan fingerprint density at radius 2 is 2.00 bits per heavy atom. The van der Waals surface area contributed by atoms with Gasteiger partial charge < -0.3 is 0 Å². The minimum absolute atomic E-state index is 0.0749. The molecule has 0 saturated carbocycles. The first-order valence-electron chi connectivity index (χ1n) is 3.22. The molecule has 1 aromatic heterocycles. The SMILES string of the molecule is Fc1c(I)sc2c(I)cccc12. The first-order chi connectivity index (χ1) is 5.70. The molecule has 1 aromatic carbocycles. The van der Waals surface area contributed by atoms with Crippen LogP contribution in [-0.4, -0.2) is 0 Å². The van der Waals surface area contributed by atoms with Crippen LogP contribution in [0.25, 0.3) is 10.1 Å². The average Bonchev–Trinajstić information content (AvgIpc) is 2.32. The molecule has 1 heterocycles. The van der Waals surface area contributed by atoms with Crippen molar-refractivity contribution < 1.29 is 4.39 Å². The first-order valence-corrected chi connectivity index (χ1v) is 6.19. The summed E-state index contributed by atoms with van der Waals surface area (Å²) in [6.07, 6.45) is 0. The van der Waals surface area contributed by atoms with Crippen molar-refractivity contribution in [2.24, 2.45) is 0 Å². The first kappa shape index (κ1) is 9.14. The minimum Gasteiger partial charge on any atom is -0.204 e. The third-order valence-electron chi connectivity index (χ3n) is 1.57. The Kier molecular flexibility index (Phi) is 2.57. The molecule has 0 unspecified atom stereocenters. The number of benzene rings is 1. The highest BCUT2D eigenvalue weighted by Gasteiger charge is 2.10. The van der Waals surface area contributed by atoms with Crippen LogP contribution in [0.2, 0.25) is 0 Å². The van der Waals surface area contributed by atoms with Crippen molar-refractivity contribution in [3.8, 4) is 0 Å². The molecule has 4 heteroatoms. The summed E-state index contributed by atoms with van der Waals surface area (Å²) in [4.78, 5) is 0. The lowest BCUT2D eigenvalue weighted by atomic mass is 10.3. The molecule has 2 rings (SSSR count). The van der Waals surface area contributed by atoms with Gasteiger partial charge in [-0.3, -0.25) is 0 Å². The summed E-state index contributed by atoms with van der Waals surface area (Å²) in [5, 5.41) is 0.747.